The zero-order valence-electron chi connectivity index (χ0n) is 12.9. The Labute approximate surface area is 133 Å². The first-order chi connectivity index (χ1) is 11.0. The number of hydrogen-bond acceptors (Lipinski definition) is 5. The number of carbonyl (C=O) groups is 2. The summed E-state index contributed by atoms with van der Waals surface area (Å²) in [6, 6.07) is 6.91. The summed E-state index contributed by atoms with van der Waals surface area (Å²) in [5.41, 5.74) is -1.55. The summed E-state index contributed by atoms with van der Waals surface area (Å²) in [5, 5.41) is 9.78. The van der Waals surface area contributed by atoms with Crippen LogP contribution in [0.5, 0.6) is 5.75 Å². The molecule has 1 aromatic rings. The first kappa shape index (κ1) is 14.4. The Balaban J connectivity index is 1.83. The number of fused-ring (bicyclic) bond motifs is 5. The van der Waals surface area contributed by atoms with Crippen LogP contribution in [0, 0.1) is 11.8 Å². The molecule has 23 heavy (non-hydrogen) atoms. The molecule has 0 aromatic heterocycles. The van der Waals surface area contributed by atoms with Gasteiger partial charge in [0.25, 0.3) is 0 Å². The SMILES string of the molecule is COc1ccccc1N1C(=O)[C@@H]2[C@H](C1=O)[C@@]1(C)C=C[C@@]2(CO)O1. The van der Waals surface area contributed by atoms with Gasteiger partial charge in [0.2, 0.25) is 11.8 Å². The van der Waals surface area contributed by atoms with Gasteiger partial charge in [0.05, 0.1) is 36.8 Å². The van der Waals surface area contributed by atoms with Crippen molar-refractivity contribution in [2.24, 2.45) is 11.8 Å². The maximum atomic E-state index is 13.0. The third kappa shape index (κ3) is 1.59. The highest BCUT2D eigenvalue weighted by Gasteiger charge is 2.72. The molecule has 4 rings (SSSR count). The monoisotopic (exact) mass is 315 g/mol. The van der Waals surface area contributed by atoms with Gasteiger partial charge in [-0.05, 0) is 19.1 Å². The second kappa shape index (κ2) is 4.43. The average molecular weight is 315 g/mol. The second-order valence-electron chi connectivity index (χ2n) is 6.37. The van der Waals surface area contributed by atoms with Gasteiger partial charge in [-0.3, -0.25) is 9.59 Å². The number of nitrogens with zero attached hydrogens (tertiary/aromatic N) is 1. The lowest BCUT2D eigenvalue weighted by molar-refractivity contribution is -0.131. The lowest BCUT2D eigenvalue weighted by atomic mass is 9.73. The van der Waals surface area contributed by atoms with Crippen molar-refractivity contribution >= 4 is 17.5 Å². The lowest BCUT2D eigenvalue weighted by Gasteiger charge is -2.27. The zero-order chi connectivity index (χ0) is 16.4. The number of para-hydroxylation sites is 2. The Morgan fingerprint density at radius 3 is 2.61 bits per heavy atom. The number of rotatable bonds is 3. The Bertz CT molecular complexity index is 744. The van der Waals surface area contributed by atoms with Gasteiger partial charge in [-0.15, -0.1) is 0 Å². The minimum absolute atomic E-state index is 0.313. The lowest BCUT2D eigenvalue weighted by Crippen LogP contribution is -2.43. The van der Waals surface area contributed by atoms with Gasteiger partial charge in [-0.1, -0.05) is 24.3 Å². The highest BCUT2D eigenvalue weighted by Crippen LogP contribution is 2.57. The molecule has 3 heterocycles. The largest absolute Gasteiger partial charge is 0.495 e. The van der Waals surface area contributed by atoms with E-state index in [4.69, 9.17) is 9.47 Å². The van der Waals surface area contributed by atoms with E-state index in [2.05, 4.69) is 0 Å². The molecule has 2 fully saturated rings. The van der Waals surface area contributed by atoms with E-state index in [1.165, 1.54) is 12.0 Å². The van der Waals surface area contributed by atoms with Crippen LogP contribution >= 0.6 is 0 Å². The fourth-order valence-corrected chi connectivity index (χ4v) is 4.09. The van der Waals surface area contributed by atoms with Crippen molar-refractivity contribution in [2.45, 2.75) is 18.1 Å². The van der Waals surface area contributed by atoms with Gasteiger partial charge >= 0.3 is 0 Å². The normalized spacial score (nSPS) is 37.6. The van der Waals surface area contributed by atoms with Crippen LogP contribution < -0.4 is 9.64 Å². The molecule has 6 heteroatoms. The van der Waals surface area contributed by atoms with Crippen LogP contribution in [-0.2, 0) is 14.3 Å². The number of ether oxygens (including phenoxy) is 2. The zero-order valence-corrected chi connectivity index (χ0v) is 12.9. The van der Waals surface area contributed by atoms with E-state index >= 15 is 0 Å². The Morgan fingerprint density at radius 2 is 1.91 bits per heavy atom. The smallest absolute Gasteiger partial charge is 0.241 e. The molecule has 0 radical (unpaired) electrons. The maximum Gasteiger partial charge on any atom is 0.241 e. The Morgan fingerprint density at radius 1 is 1.22 bits per heavy atom. The average Bonchev–Trinajstić information content (AvgIpc) is 3.13. The van der Waals surface area contributed by atoms with Crippen molar-refractivity contribution in [2.75, 3.05) is 18.6 Å². The van der Waals surface area contributed by atoms with Gasteiger partial charge < -0.3 is 14.6 Å². The van der Waals surface area contributed by atoms with Crippen molar-refractivity contribution in [3.05, 3.63) is 36.4 Å². The molecule has 0 saturated carbocycles. The van der Waals surface area contributed by atoms with Gasteiger partial charge in [-0.25, -0.2) is 4.90 Å². The maximum absolute atomic E-state index is 13.0. The number of methoxy groups -OCH3 is 1. The number of hydrogen-bond donors (Lipinski definition) is 1. The molecule has 1 aromatic carbocycles. The standard InChI is InChI=1S/C17H17NO5/c1-16-7-8-17(9-19,23-16)13-12(16)14(20)18(15(13)21)10-5-3-4-6-11(10)22-2/h3-8,12-13,19H,9H2,1-2H3/t12-,13+,16-,17+/m1/s1. The summed E-state index contributed by atoms with van der Waals surface area (Å²) in [6.07, 6.45) is 3.49. The quantitative estimate of drug-likeness (QED) is 0.662. The van der Waals surface area contributed by atoms with Crippen LogP contribution in [0.2, 0.25) is 0 Å². The predicted octanol–water partition coefficient (Wildman–Crippen LogP) is 0.891. The van der Waals surface area contributed by atoms with Crippen molar-refractivity contribution < 1.29 is 24.2 Å². The van der Waals surface area contributed by atoms with Gasteiger partial charge in [0.1, 0.15) is 11.4 Å². The molecular weight excluding hydrogens is 298 g/mol. The third-order valence-electron chi connectivity index (χ3n) is 5.13. The van der Waals surface area contributed by atoms with Gasteiger partial charge in [-0.2, -0.15) is 0 Å². The minimum Gasteiger partial charge on any atom is -0.495 e. The summed E-state index contributed by atoms with van der Waals surface area (Å²) in [5.74, 6) is -1.55. The molecule has 3 aliphatic heterocycles. The molecule has 2 amide bonds. The number of aliphatic hydroxyl groups is 1. The minimum atomic E-state index is -1.11. The Hall–Kier alpha value is -2.18. The van der Waals surface area contributed by atoms with Crippen LogP contribution in [0.25, 0.3) is 0 Å². The van der Waals surface area contributed by atoms with Crippen LogP contribution in [0.3, 0.4) is 0 Å². The summed E-state index contributed by atoms with van der Waals surface area (Å²) >= 11 is 0. The van der Waals surface area contributed by atoms with E-state index in [-0.39, 0.29) is 18.4 Å². The molecule has 2 saturated heterocycles. The molecule has 1 N–H and O–H groups in total. The first-order valence-electron chi connectivity index (χ1n) is 7.50. The summed E-state index contributed by atoms with van der Waals surface area (Å²) in [4.78, 5) is 27.1. The molecule has 6 nitrogen and oxygen atoms in total. The van der Waals surface area contributed by atoms with Crippen LogP contribution in [0.15, 0.2) is 36.4 Å². The van der Waals surface area contributed by atoms with Crippen LogP contribution in [0.4, 0.5) is 5.69 Å². The van der Waals surface area contributed by atoms with Gasteiger partial charge in [0.15, 0.2) is 0 Å². The van der Waals surface area contributed by atoms with Crippen molar-refractivity contribution in [3.63, 3.8) is 0 Å². The number of imide groups is 1. The van der Waals surface area contributed by atoms with E-state index in [9.17, 15) is 14.7 Å². The highest BCUT2D eigenvalue weighted by atomic mass is 16.5. The molecule has 2 bridgehead atoms. The Kier molecular flexibility index (Phi) is 2.77. The molecule has 0 unspecified atom stereocenters. The molecule has 4 atom stereocenters. The van der Waals surface area contributed by atoms with E-state index in [1.807, 2.05) is 0 Å². The van der Waals surface area contributed by atoms with Crippen molar-refractivity contribution in [1.82, 2.24) is 0 Å². The van der Waals surface area contributed by atoms with Crippen molar-refractivity contribution in [3.8, 4) is 5.75 Å². The number of amides is 2. The molecule has 120 valence electrons. The molecule has 0 spiro atoms. The molecule has 3 aliphatic rings. The fraction of sp³-hybridized carbons (Fsp3) is 0.412. The highest BCUT2D eigenvalue weighted by molar-refractivity contribution is 6.24. The number of anilines is 1. The number of carbonyl (C=O) groups excluding carboxylic acids is 2. The second-order valence-corrected chi connectivity index (χ2v) is 6.37. The fourth-order valence-electron chi connectivity index (χ4n) is 4.09. The van der Waals surface area contributed by atoms with E-state index < -0.39 is 23.0 Å². The third-order valence-corrected chi connectivity index (χ3v) is 5.13. The molecule has 0 aliphatic carbocycles. The first-order valence-corrected chi connectivity index (χ1v) is 7.50. The number of aliphatic hydroxyl groups excluding tert-OH is 1. The summed E-state index contributed by atoms with van der Waals surface area (Å²) in [6.45, 7) is 1.45. The topological polar surface area (TPSA) is 76.1 Å². The van der Waals surface area contributed by atoms with E-state index in [0.29, 0.717) is 11.4 Å². The van der Waals surface area contributed by atoms with Crippen LogP contribution in [-0.4, -0.2) is 41.8 Å². The summed E-state index contributed by atoms with van der Waals surface area (Å²) in [7, 11) is 1.50. The van der Waals surface area contributed by atoms with E-state index in [1.54, 1.807) is 43.3 Å². The van der Waals surface area contributed by atoms with Crippen LogP contribution in [0.1, 0.15) is 6.92 Å². The van der Waals surface area contributed by atoms with Gasteiger partial charge in [0, 0.05) is 0 Å². The molecular formula is C17H17NO5. The van der Waals surface area contributed by atoms with E-state index in [0.717, 1.165) is 0 Å². The number of benzene rings is 1. The summed E-state index contributed by atoms with van der Waals surface area (Å²) < 4.78 is 11.2. The van der Waals surface area contributed by atoms with Crippen molar-refractivity contribution in [1.29, 1.82) is 0 Å². The predicted molar refractivity (Wildman–Crippen MR) is 80.9 cm³/mol.